The van der Waals surface area contributed by atoms with E-state index in [0.717, 1.165) is 0 Å². The molecule has 3 heterocycles. The third kappa shape index (κ3) is 5.75. The number of benzene rings is 7. The van der Waals surface area contributed by atoms with Crippen LogP contribution in [0.2, 0.25) is 0 Å². The van der Waals surface area contributed by atoms with E-state index in [0.29, 0.717) is 0 Å². The molecule has 286 valence electrons. The molecule has 0 spiro atoms. The van der Waals surface area contributed by atoms with E-state index in [2.05, 4.69) is 218 Å². The average Bonchev–Trinajstić information content (AvgIpc) is 3.59. The lowest BCUT2D eigenvalue weighted by molar-refractivity contribution is 0.589. The van der Waals surface area contributed by atoms with E-state index in [9.17, 15) is 0 Å². The van der Waals surface area contributed by atoms with Gasteiger partial charge >= 0.3 is 6.85 Å². The number of para-hydroxylation sites is 1. The Balaban J connectivity index is 1.38. The van der Waals surface area contributed by atoms with Gasteiger partial charge in [0.1, 0.15) is 0 Å². The number of anilines is 5. The Bertz CT molecular complexity index is 2900. The molecule has 0 radical (unpaired) electrons. The smallest absolute Gasteiger partial charge is 0.334 e. The van der Waals surface area contributed by atoms with E-state index in [1.54, 1.807) is 0 Å². The van der Waals surface area contributed by atoms with E-state index in [4.69, 9.17) is 0 Å². The maximum absolute atomic E-state index is 2.68. The largest absolute Gasteiger partial charge is 0.376 e. The standard InChI is InChI=1S/C54H51BN2S/c1-52(2,3)35-23-26-38(27-24-35)57-45-29-25-36(53(4,5)6)31-42(45)43-32-37(54(7,8)9)33-47-49(43)55(57)50-46(30-28-41-40-20-14-16-22-48(40)58-51(41)50)56(47)44-21-15-13-19-39(44)34-17-11-10-12-18-34/h10-33H,1-9H3. The molecule has 1 aromatic heterocycles. The summed E-state index contributed by atoms with van der Waals surface area (Å²) in [4.78, 5) is 5.30. The summed E-state index contributed by atoms with van der Waals surface area (Å²) in [6.07, 6.45) is 0. The third-order valence-electron chi connectivity index (χ3n) is 12.5. The fourth-order valence-corrected chi connectivity index (χ4v) is 10.6. The van der Waals surface area contributed by atoms with Crippen LogP contribution in [0.3, 0.4) is 0 Å². The molecule has 0 saturated heterocycles. The van der Waals surface area contributed by atoms with Crippen molar-refractivity contribution >= 4 is 77.7 Å². The Kier molecular flexibility index (Phi) is 8.21. The van der Waals surface area contributed by atoms with Crippen LogP contribution in [0, 0.1) is 0 Å². The van der Waals surface area contributed by atoms with Crippen LogP contribution in [0.4, 0.5) is 28.4 Å². The first-order valence-corrected chi connectivity index (χ1v) is 21.6. The van der Waals surface area contributed by atoms with Crippen LogP contribution in [-0.2, 0) is 16.2 Å². The van der Waals surface area contributed by atoms with E-state index in [-0.39, 0.29) is 23.1 Å². The van der Waals surface area contributed by atoms with Crippen LogP contribution >= 0.6 is 11.3 Å². The first-order chi connectivity index (χ1) is 27.7. The van der Waals surface area contributed by atoms with Crippen LogP contribution in [0.1, 0.15) is 79.0 Å². The lowest BCUT2D eigenvalue weighted by Gasteiger charge is -2.47. The highest BCUT2D eigenvalue weighted by molar-refractivity contribution is 7.27. The second kappa shape index (κ2) is 13.0. The van der Waals surface area contributed by atoms with Crippen molar-refractivity contribution in [1.82, 2.24) is 0 Å². The molecule has 2 aliphatic rings. The molecule has 0 bridgehead atoms. The van der Waals surface area contributed by atoms with Crippen LogP contribution in [0.25, 0.3) is 42.4 Å². The third-order valence-corrected chi connectivity index (χ3v) is 13.7. The molecule has 10 rings (SSSR count). The molecule has 0 unspecified atom stereocenters. The monoisotopic (exact) mass is 770 g/mol. The minimum Gasteiger partial charge on any atom is -0.376 e. The average molecular weight is 771 g/mol. The van der Waals surface area contributed by atoms with Crippen LogP contribution in [0.5, 0.6) is 0 Å². The predicted octanol–water partition coefficient (Wildman–Crippen LogP) is 14.3. The van der Waals surface area contributed by atoms with Gasteiger partial charge in [-0.1, -0.05) is 159 Å². The molecule has 8 aromatic rings. The van der Waals surface area contributed by atoms with Crippen molar-refractivity contribution in [1.29, 1.82) is 0 Å². The van der Waals surface area contributed by atoms with Gasteiger partial charge in [-0.3, -0.25) is 0 Å². The van der Waals surface area contributed by atoms with E-state index in [1.807, 2.05) is 11.3 Å². The Morgan fingerprint density at radius 3 is 1.78 bits per heavy atom. The zero-order chi connectivity index (χ0) is 40.3. The molecule has 2 nitrogen and oxygen atoms in total. The lowest BCUT2D eigenvalue weighted by Crippen LogP contribution is -2.61. The van der Waals surface area contributed by atoms with Crippen molar-refractivity contribution < 1.29 is 0 Å². The van der Waals surface area contributed by atoms with Gasteiger partial charge in [-0.05, 0) is 104 Å². The zero-order valence-electron chi connectivity index (χ0n) is 35.2. The molecule has 0 N–H and O–H groups in total. The number of hydrogen-bond donors (Lipinski definition) is 0. The fraction of sp³-hybridized carbons (Fsp3) is 0.222. The number of fused-ring (bicyclic) bond motifs is 8. The van der Waals surface area contributed by atoms with Crippen molar-refractivity contribution in [2.24, 2.45) is 0 Å². The highest BCUT2D eigenvalue weighted by Crippen LogP contribution is 2.51. The summed E-state index contributed by atoms with van der Waals surface area (Å²) in [5, 5.41) is 2.65. The molecule has 4 heteroatoms. The normalized spacial score (nSPS) is 13.8. The van der Waals surface area contributed by atoms with Gasteiger partial charge in [0, 0.05) is 54.0 Å². The summed E-state index contributed by atoms with van der Waals surface area (Å²) in [5.74, 6) is 0. The molecule has 0 amide bonds. The van der Waals surface area contributed by atoms with E-state index < -0.39 is 0 Å². The number of hydrogen-bond acceptors (Lipinski definition) is 3. The zero-order valence-corrected chi connectivity index (χ0v) is 36.1. The highest BCUT2D eigenvalue weighted by atomic mass is 32.1. The van der Waals surface area contributed by atoms with E-state index in [1.165, 1.54) is 98.5 Å². The maximum Gasteiger partial charge on any atom is 0.334 e. The topological polar surface area (TPSA) is 6.48 Å². The maximum atomic E-state index is 2.68. The van der Waals surface area contributed by atoms with Gasteiger partial charge in [-0.15, -0.1) is 11.3 Å². The second-order valence-electron chi connectivity index (χ2n) is 19.4. The summed E-state index contributed by atoms with van der Waals surface area (Å²) >= 11 is 1.94. The first kappa shape index (κ1) is 36.7. The predicted molar refractivity (Wildman–Crippen MR) is 255 cm³/mol. The summed E-state index contributed by atoms with van der Waals surface area (Å²) in [7, 11) is 0. The molecule has 7 aromatic carbocycles. The Hall–Kier alpha value is -5.58. The second-order valence-corrected chi connectivity index (χ2v) is 20.5. The van der Waals surface area contributed by atoms with Gasteiger partial charge in [0.15, 0.2) is 0 Å². The molecule has 0 saturated carbocycles. The molecule has 0 fully saturated rings. The van der Waals surface area contributed by atoms with Gasteiger partial charge in [-0.2, -0.15) is 0 Å². The van der Waals surface area contributed by atoms with Gasteiger partial charge < -0.3 is 9.71 Å². The molecule has 2 aliphatic heterocycles. The van der Waals surface area contributed by atoms with Crippen molar-refractivity contribution in [2.45, 2.75) is 78.6 Å². The number of nitrogens with zero attached hydrogens (tertiary/aromatic N) is 2. The highest BCUT2D eigenvalue weighted by Gasteiger charge is 2.47. The van der Waals surface area contributed by atoms with Crippen molar-refractivity contribution in [3.8, 4) is 22.3 Å². The fourth-order valence-electron chi connectivity index (χ4n) is 9.32. The molecule has 0 aliphatic carbocycles. The summed E-state index contributed by atoms with van der Waals surface area (Å²) in [5.41, 5.74) is 17.9. The van der Waals surface area contributed by atoms with Gasteiger partial charge in [0.2, 0.25) is 0 Å². The lowest BCUT2D eigenvalue weighted by atomic mass is 9.43. The summed E-state index contributed by atoms with van der Waals surface area (Å²) in [6.45, 7) is 20.9. The number of rotatable bonds is 3. The summed E-state index contributed by atoms with van der Waals surface area (Å²) in [6, 6.07) is 55.5. The van der Waals surface area contributed by atoms with E-state index >= 15 is 0 Å². The van der Waals surface area contributed by atoms with Crippen LogP contribution in [-0.4, -0.2) is 6.85 Å². The van der Waals surface area contributed by atoms with Crippen LogP contribution in [0.15, 0.2) is 146 Å². The van der Waals surface area contributed by atoms with Crippen LogP contribution < -0.4 is 20.6 Å². The van der Waals surface area contributed by atoms with Gasteiger partial charge in [0.05, 0.1) is 5.69 Å². The Labute approximate surface area is 348 Å². The number of thiophene rings is 1. The SMILES string of the molecule is CC(C)(C)c1ccc(N2B3c4c(cc(C(C)(C)C)cc4N(c4ccccc4-c4ccccc4)c4ccc5c(sc6ccccc65)c43)-c3cc(C(C)(C)C)ccc32)cc1. The van der Waals surface area contributed by atoms with Gasteiger partial charge in [-0.25, -0.2) is 0 Å². The van der Waals surface area contributed by atoms with Gasteiger partial charge in [0.25, 0.3) is 0 Å². The summed E-state index contributed by atoms with van der Waals surface area (Å²) < 4.78 is 2.68. The Morgan fingerprint density at radius 1 is 0.431 bits per heavy atom. The van der Waals surface area contributed by atoms with Crippen molar-refractivity contribution in [3.63, 3.8) is 0 Å². The molecule has 58 heavy (non-hydrogen) atoms. The first-order valence-electron chi connectivity index (χ1n) is 20.8. The Morgan fingerprint density at radius 2 is 1.05 bits per heavy atom. The molecular weight excluding hydrogens is 719 g/mol. The molecular formula is C54H51BN2S. The molecule has 0 atom stereocenters. The van der Waals surface area contributed by atoms with Crippen molar-refractivity contribution in [2.75, 3.05) is 9.71 Å². The minimum atomic E-state index is -0.0803. The quantitative estimate of drug-likeness (QED) is 0.165. The minimum absolute atomic E-state index is 0.0107. The van der Waals surface area contributed by atoms with Crippen molar-refractivity contribution in [3.05, 3.63) is 162 Å².